The minimum absolute atomic E-state index is 0.630. The topological polar surface area (TPSA) is 9.23 Å². The first-order valence-electron chi connectivity index (χ1n) is 6.56. The van der Waals surface area contributed by atoms with Gasteiger partial charge in [0.1, 0.15) is 12.4 Å². The van der Waals surface area contributed by atoms with Gasteiger partial charge in [-0.25, -0.2) is 0 Å². The second kappa shape index (κ2) is 6.25. The number of benzene rings is 2. The maximum atomic E-state index is 5.72. The van der Waals surface area contributed by atoms with E-state index in [2.05, 4.69) is 38.1 Å². The van der Waals surface area contributed by atoms with E-state index in [1.807, 2.05) is 30.3 Å². The molecule has 0 amide bonds. The van der Waals surface area contributed by atoms with Gasteiger partial charge >= 0.3 is 0 Å². The average Bonchev–Trinajstić information content (AvgIpc) is 2.46. The van der Waals surface area contributed by atoms with Gasteiger partial charge in [0.2, 0.25) is 0 Å². The average molecular weight is 240 g/mol. The molecule has 1 heteroatoms. The van der Waals surface area contributed by atoms with Gasteiger partial charge in [-0.1, -0.05) is 56.3 Å². The fourth-order valence-corrected chi connectivity index (χ4v) is 1.86. The second-order valence-electron chi connectivity index (χ2n) is 4.65. The van der Waals surface area contributed by atoms with Crippen LogP contribution in [0.4, 0.5) is 0 Å². The number of hydrogen-bond donors (Lipinski definition) is 0. The van der Waals surface area contributed by atoms with E-state index < -0.39 is 0 Å². The molecular formula is C17H20O. The summed E-state index contributed by atoms with van der Waals surface area (Å²) in [6.07, 6.45) is 1.18. The molecule has 0 spiro atoms. The first-order chi connectivity index (χ1) is 8.79. The lowest BCUT2D eigenvalue weighted by molar-refractivity contribution is 0.306. The second-order valence-corrected chi connectivity index (χ2v) is 4.65. The molecule has 2 rings (SSSR count). The van der Waals surface area contributed by atoms with Crippen LogP contribution in [0.5, 0.6) is 5.75 Å². The quantitative estimate of drug-likeness (QED) is 0.731. The Hall–Kier alpha value is -1.76. The van der Waals surface area contributed by atoms with E-state index in [0.29, 0.717) is 12.5 Å². The van der Waals surface area contributed by atoms with E-state index in [0.717, 1.165) is 5.75 Å². The zero-order chi connectivity index (χ0) is 12.8. The van der Waals surface area contributed by atoms with Gasteiger partial charge in [0.15, 0.2) is 0 Å². The summed E-state index contributed by atoms with van der Waals surface area (Å²) in [7, 11) is 0. The summed E-state index contributed by atoms with van der Waals surface area (Å²) in [6, 6.07) is 18.7. The molecule has 0 heterocycles. The standard InChI is InChI=1S/C17H20O/c1-3-14(2)16-11-9-15(10-12-16)13-18-17-7-5-4-6-8-17/h4-12,14H,3,13H2,1-2H3. The number of ether oxygens (including phenoxy) is 1. The van der Waals surface area contributed by atoms with Gasteiger partial charge in [-0.05, 0) is 35.6 Å². The first kappa shape index (κ1) is 12.7. The molecule has 0 saturated carbocycles. The highest BCUT2D eigenvalue weighted by atomic mass is 16.5. The van der Waals surface area contributed by atoms with Crippen molar-refractivity contribution in [3.63, 3.8) is 0 Å². The predicted octanol–water partition coefficient (Wildman–Crippen LogP) is 4.78. The highest BCUT2D eigenvalue weighted by Gasteiger charge is 2.02. The Labute approximate surface area is 109 Å². The highest BCUT2D eigenvalue weighted by Crippen LogP contribution is 2.19. The van der Waals surface area contributed by atoms with E-state index in [9.17, 15) is 0 Å². The van der Waals surface area contributed by atoms with E-state index >= 15 is 0 Å². The fourth-order valence-electron chi connectivity index (χ4n) is 1.86. The number of para-hydroxylation sites is 1. The Kier molecular flexibility index (Phi) is 4.40. The number of hydrogen-bond acceptors (Lipinski definition) is 1. The van der Waals surface area contributed by atoms with Crippen molar-refractivity contribution in [2.24, 2.45) is 0 Å². The summed E-state index contributed by atoms with van der Waals surface area (Å²) in [5.74, 6) is 1.55. The van der Waals surface area contributed by atoms with Crippen LogP contribution in [0.3, 0.4) is 0 Å². The molecule has 1 nitrogen and oxygen atoms in total. The molecule has 0 aliphatic heterocycles. The molecule has 0 bridgehead atoms. The molecule has 1 unspecified atom stereocenters. The lowest BCUT2D eigenvalue weighted by Gasteiger charge is -2.10. The number of rotatable bonds is 5. The van der Waals surface area contributed by atoms with Gasteiger partial charge in [0, 0.05) is 0 Å². The molecule has 0 aromatic heterocycles. The van der Waals surface area contributed by atoms with Crippen LogP contribution in [0, 0.1) is 0 Å². The minimum Gasteiger partial charge on any atom is -0.489 e. The van der Waals surface area contributed by atoms with Crippen molar-refractivity contribution in [2.45, 2.75) is 32.8 Å². The smallest absolute Gasteiger partial charge is 0.119 e. The van der Waals surface area contributed by atoms with Crippen molar-refractivity contribution in [1.82, 2.24) is 0 Å². The lowest BCUT2D eigenvalue weighted by atomic mass is 9.98. The normalized spacial score (nSPS) is 12.1. The SMILES string of the molecule is CCC(C)c1ccc(COc2ccccc2)cc1. The molecule has 0 N–H and O–H groups in total. The third-order valence-corrected chi connectivity index (χ3v) is 3.31. The van der Waals surface area contributed by atoms with Gasteiger partial charge < -0.3 is 4.74 Å². The van der Waals surface area contributed by atoms with Crippen LogP contribution in [0.25, 0.3) is 0 Å². The van der Waals surface area contributed by atoms with Crippen LogP contribution >= 0.6 is 0 Å². The Morgan fingerprint density at radius 3 is 2.22 bits per heavy atom. The maximum absolute atomic E-state index is 5.72. The molecule has 0 aliphatic carbocycles. The fraction of sp³-hybridized carbons (Fsp3) is 0.294. The van der Waals surface area contributed by atoms with E-state index in [-0.39, 0.29) is 0 Å². The summed E-state index contributed by atoms with van der Waals surface area (Å²) >= 11 is 0. The van der Waals surface area contributed by atoms with E-state index in [1.165, 1.54) is 17.5 Å². The van der Waals surface area contributed by atoms with Crippen LogP contribution in [0.15, 0.2) is 54.6 Å². The monoisotopic (exact) mass is 240 g/mol. The molecular weight excluding hydrogens is 220 g/mol. The molecule has 18 heavy (non-hydrogen) atoms. The molecule has 0 saturated heterocycles. The highest BCUT2D eigenvalue weighted by molar-refractivity contribution is 5.26. The third kappa shape index (κ3) is 3.36. The lowest BCUT2D eigenvalue weighted by Crippen LogP contribution is -1.96. The third-order valence-electron chi connectivity index (χ3n) is 3.31. The minimum atomic E-state index is 0.630. The van der Waals surface area contributed by atoms with Crippen molar-refractivity contribution in [2.75, 3.05) is 0 Å². The van der Waals surface area contributed by atoms with Gasteiger partial charge in [-0.2, -0.15) is 0 Å². The zero-order valence-electron chi connectivity index (χ0n) is 11.1. The van der Waals surface area contributed by atoms with Crippen molar-refractivity contribution in [3.8, 4) is 5.75 Å². The summed E-state index contributed by atoms with van der Waals surface area (Å²) < 4.78 is 5.72. The van der Waals surface area contributed by atoms with E-state index in [1.54, 1.807) is 0 Å². The Morgan fingerprint density at radius 1 is 0.944 bits per heavy atom. The largest absolute Gasteiger partial charge is 0.489 e. The van der Waals surface area contributed by atoms with Gasteiger partial charge in [-0.3, -0.25) is 0 Å². The predicted molar refractivity (Wildman–Crippen MR) is 75.9 cm³/mol. The molecule has 1 atom stereocenters. The van der Waals surface area contributed by atoms with Gasteiger partial charge in [0.25, 0.3) is 0 Å². The Balaban J connectivity index is 1.94. The van der Waals surface area contributed by atoms with E-state index in [4.69, 9.17) is 4.74 Å². The van der Waals surface area contributed by atoms with Gasteiger partial charge in [0.05, 0.1) is 0 Å². The molecule has 0 radical (unpaired) electrons. The molecule has 2 aromatic carbocycles. The van der Waals surface area contributed by atoms with Crippen molar-refractivity contribution in [3.05, 3.63) is 65.7 Å². The summed E-state index contributed by atoms with van der Waals surface area (Å²) in [4.78, 5) is 0. The Bertz CT molecular complexity index is 459. The zero-order valence-corrected chi connectivity index (χ0v) is 11.1. The maximum Gasteiger partial charge on any atom is 0.119 e. The Morgan fingerprint density at radius 2 is 1.61 bits per heavy atom. The first-order valence-corrected chi connectivity index (χ1v) is 6.56. The summed E-state index contributed by atoms with van der Waals surface area (Å²) in [6.45, 7) is 5.11. The van der Waals surface area contributed by atoms with Gasteiger partial charge in [-0.15, -0.1) is 0 Å². The molecule has 2 aromatic rings. The van der Waals surface area contributed by atoms with Crippen molar-refractivity contribution in [1.29, 1.82) is 0 Å². The van der Waals surface area contributed by atoms with Crippen LogP contribution in [-0.4, -0.2) is 0 Å². The van der Waals surface area contributed by atoms with Crippen LogP contribution in [-0.2, 0) is 6.61 Å². The van der Waals surface area contributed by atoms with Crippen molar-refractivity contribution >= 4 is 0 Å². The molecule has 94 valence electrons. The summed E-state index contributed by atoms with van der Waals surface area (Å²) in [5.41, 5.74) is 2.62. The van der Waals surface area contributed by atoms with Crippen LogP contribution in [0.2, 0.25) is 0 Å². The van der Waals surface area contributed by atoms with Crippen molar-refractivity contribution < 1.29 is 4.74 Å². The van der Waals surface area contributed by atoms with Crippen LogP contribution in [0.1, 0.15) is 37.3 Å². The molecule has 0 aliphatic rings. The summed E-state index contributed by atoms with van der Waals surface area (Å²) in [5, 5.41) is 0. The van der Waals surface area contributed by atoms with Crippen LogP contribution < -0.4 is 4.74 Å². The molecule has 0 fully saturated rings.